The van der Waals surface area contributed by atoms with E-state index in [1.165, 1.54) is 16.7 Å². The smallest absolute Gasteiger partial charge is 0.306 e. The Morgan fingerprint density at radius 3 is 2.29 bits per heavy atom. The molecule has 0 aromatic carbocycles. The molecule has 4 nitrogen and oxygen atoms in total. The molecule has 0 bridgehead atoms. The SMILES string of the molecule is C=C(C)[C@@H]1CCC2=C(CC[C@]3(C)[C@@H]([C@@H](CCC=C(C)C)C(=O)O)CC[C@@]23C)[C@@]1(C)CCC(=O)O. The molecule has 34 heavy (non-hydrogen) atoms. The van der Waals surface area contributed by atoms with Crippen molar-refractivity contribution in [1.82, 2.24) is 0 Å². The quantitative estimate of drug-likeness (QED) is 0.337. The van der Waals surface area contributed by atoms with Crippen LogP contribution in [0.3, 0.4) is 0 Å². The predicted octanol–water partition coefficient (Wildman–Crippen LogP) is 7.80. The number of allylic oxidation sites excluding steroid dienone is 5. The van der Waals surface area contributed by atoms with Gasteiger partial charge in [0, 0.05) is 6.42 Å². The summed E-state index contributed by atoms with van der Waals surface area (Å²) >= 11 is 0. The molecule has 3 rings (SSSR count). The maximum atomic E-state index is 12.4. The van der Waals surface area contributed by atoms with Gasteiger partial charge in [-0.2, -0.15) is 0 Å². The van der Waals surface area contributed by atoms with Crippen LogP contribution in [-0.4, -0.2) is 22.2 Å². The van der Waals surface area contributed by atoms with Crippen molar-refractivity contribution >= 4 is 11.9 Å². The lowest BCUT2D eigenvalue weighted by atomic mass is 9.47. The molecule has 0 saturated heterocycles. The summed E-state index contributed by atoms with van der Waals surface area (Å²) in [5.74, 6) is -1.20. The molecule has 2 N–H and O–H groups in total. The maximum Gasteiger partial charge on any atom is 0.306 e. The molecule has 0 radical (unpaired) electrons. The summed E-state index contributed by atoms with van der Waals surface area (Å²) in [5, 5.41) is 19.7. The minimum atomic E-state index is -0.733. The molecule has 0 aromatic heterocycles. The van der Waals surface area contributed by atoms with Crippen LogP contribution in [0.25, 0.3) is 0 Å². The van der Waals surface area contributed by atoms with Gasteiger partial charge in [0.2, 0.25) is 0 Å². The first-order chi connectivity index (χ1) is 15.8. The van der Waals surface area contributed by atoms with Gasteiger partial charge in [-0.3, -0.25) is 9.59 Å². The van der Waals surface area contributed by atoms with Gasteiger partial charge in [0.05, 0.1) is 5.92 Å². The lowest BCUT2D eigenvalue weighted by Crippen LogP contribution is -2.49. The Labute approximate surface area is 206 Å². The highest BCUT2D eigenvalue weighted by atomic mass is 16.4. The molecule has 3 aliphatic rings. The zero-order chi connectivity index (χ0) is 25.5. The molecule has 0 spiro atoms. The fourth-order valence-corrected chi connectivity index (χ4v) is 8.33. The summed E-state index contributed by atoms with van der Waals surface area (Å²) in [6.45, 7) is 17.6. The molecule has 1 saturated carbocycles. The Bertz CT molecular complexity index is 907. The second-order valence-electron chi connectivity index (χ2n) is 12.4. The molecule has 3 aliphatic carbocycles. The Hall–Kier alpha value is -1.84. The average Bonchev–Trinajstić information content (AvgIpc) is 3.01. The standard InChI is InChI=1S/C30H46O4/c1-19(2)9-8-10-21(27(33)34)23-13-17-30(7)25-12-11-22(20(3)4)28(5,16-15-26(31)32)24(25)14-18-29(23,30)6/h9,21-23H,3,8,10-18H2,1-2,4-7H3,(H,31,32)(H,33,34)/t21-,22+,23-,28+,29-,30+/m1/s1. The minimum Gasteiger partial charge on any atom is -0.481 e. The number of carbonyl (C=O) groups is 2. The zero-order valence-corrected chi connectivity index (χ0v) is 22.3. The van der Waals surface area contributed by atoms with E-state index in [1.807, 2.05) is 0 Å². The number of carboxylic acid groups (broad SMARTS) is 2. The molecule has 6 atom stereocenters. The number of hydrogen-bond acceptors (Lipinski definition) is 2. The lowest BCUT2D eigenvalue weighted by molar-refractivity contribution is -0.146. The minimum absolute atomic E-state index is 0.0139. The van der Waals surface area contributed by atoms with Crippen molar-refractivity contribution in [2.24, 2.45) is 34.0 Å². The van der Waals surface area contributed by atoms with Crippen molar-refractivity contribution in [3.05, 3.63) is 34.9 Å². The molecule has 0 heterocycles. The third-order valence-electron chi connectivity index (χ3n) is 10.4. The zero-order valence-electron chi connectivity index (χ0n) is 22.3. The van der Waals surface area contributed by atoms with Gasteiger partial charge in [-0.1, -0.05) is 55.7 Å². The third kappa shape index (κ3) is 4.42. The van der Waals surface area contributed by atoms with Gasteiger partial charge in [0.25, 0.3) is 0 Å². The van der Waals surface area contributed by atoms with E-state index in [2.05, 4.69) is 54.2 Å². The molecule has 4 heteroatoms. The molecule has 0 aliphatic heterocycles. The molecule has 0 unspecified atom stereocenters. The fourth-order valence-electron chi connectivity index (χ4n) is 8.33. The third-order valence-corrected chi connectivity index (χ3v) is 10.4. The summed E-state index contributed by atoms with van der Waals surface area (Å²) in [6, 6.07) is 0. The Balaban J connectivity index is 2.01. The van der Waals surface area contributed by atoms with Crippen LogP contribution in [0.15, 0.2) is 34.9 Å². The van der Waals surface area contributed by atoms with E-state index in [9.17, 15) is 19.8 Å². The van der Waals surface area contributed by atoms with E-state index in [-0.39, 0.29) is 34.5 Å². The van der Waals surface area contributed by atoms with E-state index in [0.717, 1.165) is 50.5 Å². The topological polar surface area (TPSA) is 74.6 Å². The van der Waals surface area contributed by atoms with Crippen LogP contribution in [0, 0.1) is 34.0 Å². The summed E-state index contributed by atoms with van der Waals surface area (Å²) in [7, 11) is 0. The monoisotopic (exact) mass is 470 g/mol. The number of hydrogen-bond donors (Lipinski definition) is 2. The highest BCUT2D eigenvalue weighted by molar-refractivity contribution is 5.71. The second-order valence-corrected chi connectivity index (χ2v) is 12.4. The summed E-state index contributed by atoms with van der Waals surface area (Å²) < 4.78 is 0. The van der Waals surface area contributed by atoms with E-state index < -0.39 is 11.9 Å². The van der Waals surface area contributed by atoms with Gasteiger partial charge in [0.1, 0.15) is 0 Å². The van der Waals surface area contributed by atoms with E-state index in [1.54, 1.807) is 0 Å². The largest absolute Gasteiger partial charge is 0.481 e. The first-order valence-corrected chi connectivity index (χ1v) is 13.2. The Morgan fingerprint density at radius 2 is 1.74 bits per heavy atom. The van der Waals surface area contributed by atoms with Gasteiger partial charge in [-0.05, 0) is 107 Å². The average molecular weight is 471 g/mol. The highest BCUT2D eigenvalue weighted by Crippen LogP contribution is 2.71. The number of aliphatic carboxylic acids is 2. The van der Waals surface area contributed by atoms with Gasteiger partial charge in [-0.25, -0.2) is 0 Å². The fraction of sp³-hybridized carbons (Fsp3) is 0.733. The number of rotatable bonds is 9. The first kappa shape index (κ1) is 26.8. The van der Waals surface area contributed by atoms with Gasteiger partial charge >= 0.3 is 11.9 Å². The first-order valence-electron chi connectivity index (χ1n) is 13.2. The van der Waals surface area contributed by atoms with Crippen LogP contribution in [0.5, 0.6) is 0 Å². The van der Waals surface area contributed by atoms with E-state index >= 15 is 0 Å². The lowest BCUT2D eigenvalue weighted by Gasteiger charge is -2.57. The van der Waals surface area contributed by atoms with Crippen molar-refractivity contribution in [3.8, 4) is 0 Å². The molecule has 0 aromatic rings. The van der Waals surface area contributed by atoms with E-state index in [0.29, 0.717) is 18.8 Å². The molecule has 190 valence electrons. The van der Waals surface area contributed by atoms with Gasteiger partial charge < -0.3 is 10.2 Å². The molecular weight excluding hydrogens is 424 g/mol. The van der Waals surface area contributed by atoms with Crippen molar-refractivity contribution in [3.63, 3.8) is 0 Å². The van der Waals surface area contributed by atoms with Gasteiger partial charge in [0.15, 0.2) is 0 Å². The van der Waals surface area contributed by atoms with Gasteiger partial charge in [-0.15, -0.1) is 0 Å². The molecule has 1 fully saturated rings. The maximum absolute atomic E-state index is 12.4. The second kappa shape index (κ2) is 9.66. The van der Waals surface area contributed by atoms with Crippen LogP contribution in [-0.2, 0) is 9.59 Å². The molecular formula is C30H46O4. The van der Waals surface area contributed by atoms with Crippen LogP contribution in [0.4, 0.5) is 0 Å². The Kier molecular flexibility index (Phi) is 7.60. The van der Waals surface area contributed by atoms with Crippen LogP contribution >= 0.6 is 0 Å². The Morgan fingerprint density at radius 1 is 1.06 bits per heavy atom. The summed E-state index contributed by atoms with van der Waals surface area (Å²) in [5.41, 5.74) is 5.19. The highest BCUT2D eigenvalue weighted by Gasteiger charge is 2.62. The molecule has 0 amide bonds. The predicted molar refractivity (Wildman–Crippen MR) is 138 cm³/mol. The van der Waals surface area contributed by atoms with E-state index in [4.69, 9.17) is 0 Å². The van der Waals surface area contributed by atoms with Crippen molar-refractivity contribution in [2.45, 2.75) is 106 Å². The number of fused-ring (bicyclic) bond motifs is 2. The van der Waals surface area contributed by atoms with Crippen LogP contribution in [0.2, 0.25) is 0 Å². The summed E-state index contributed by atoms with van der Waals surface area (Å²) in [4.78, 5) is 24.0. The van der Waals surface area contributed by atoms with Crippen LogP contribution in [0.1, 0.15) is 106 Å². The van der Waals surface area contributed by atoms with Crippen molar-refractivity contribution < 1.29 is 19.8 Å². The van der Waals surface area contributed by atoms with Crippen molar-refractivity contribution in [1.29, 1.82) is 0 Å². The van der Waals surface area contributed by atoms with Crippen LogP contribution < -0.4 is 0 Å². The number of carboxylic acids is 2. The van der Waals surface area contributed by atoms with Crippen molar-refractivity contribution in [2.75, 3.05) is 0 Å². The normalized spacial score (nSPS) is 35.8. The summed E-state index contributed by atoms with van der Waals surface area (Å²) in [6.07, 6.45) is 10.5.